The molecule has 0 saturated heterocycles. The number of hydrogen-bond acceptors (Lipinski definition) is 4. The lowest BCUT2D eigenvalue weighted by Crippen LogP contribution is -2.07. The Kier molecular flexibility index (Phi) is 6.95. The van der Waals surface area contributed by atoms with Gasteiger partial charge in [0.2, 0.25) is 0 Å². The molecule has 0 bridgehead atoms. The zero-order valence-electron chi connectivity index (χ0n) is 25.0. The molecular weight excluding hydrogens is 635 g/mol. The second-order valence-corrected chi connectivity index (χ2v) is 11.2. The smallest absolute Gasteiger partial charge is 0.245 e. The molecule has 0 fully saturated rings. The number of aromatic nitrogens is 2. The van der Waals surface area contributed by atoms with Crippen molar-refractivity contribution in [1.29, 1.82) is 10.5 Å². The van der Waals surface area contributed by atoms with Gasteiger partial charge in [-0.1, -0.05) is 36.4 Å². The highest BCUT2D eigenvalue weighted by Crippen LogP contribution is 2.52. The van der Waals surface area contributed by atoms with Gasteiger partial charge in [0.05, 0.1) is 53.6 Å². The Bertz CT molecular complexity index is 2540. The van der Waals surface area contributed by atoms with Gasteiger partial charge in [-0.25, -0.2) is 39.0 Å². The van der Waals surface area contributed by atoms with Crippen LogP contribution in [0.25, 0.3) is 65.6 Å². The SMILES string of the molecule is [C-]#[N+]/C(C#N)=C1/c2cc(-c3ccc(F)cc3C)ccc2-c2nc3c(nc21)-c1ccc(-c2ccc(F)cc2C(F)(F)F)cc1/C3=C(/C#N)[N+]#[C-]. The number of hydrogen-bond donors (Lipinski definition) is 0. The number of fused-ring (bicyclic) bond motifs is 6. The number of nitrogens with zero attached hydrogens (tertiary/aromatic N) is 6. The summed E-state index contributed by atoms with van der Waals surface area (Å²) < 4.78 is 69.6. The Morgan fingerprint density at radius 2 is 1.06 bits per heavy atom. The number of nitriles is 2. The first-order chi connectivity index (χ1) is 23.5. The quantitative estimate of drug-likeness (QED) is 0.106. The molecule has 1 heterocycles. The Labute approximate surface area is 275 Å². The molecule has 2 aliphatic rings. The van der Waals surface area contributed by atoms with E-state index in [0.717, 1.165) is 17.7 Å². The third kappa shape index (κ3) is 4.73. The Morgan fingerprint density at radius 3 is 1.51 bits per heavy atom. The molecule has 0 N–H and O–H groups in total. The number of allylic oxidation sites excluding steroid dienone is 2. The molecule has 4 aromatic carbocycles. The third-order valence-corrected chi connectivity index (χ3v) is 8.46. The maximum atomic E-state index is 13.9. The molecule has 0 spiro atoms. The maximum Gasteiger partial charge on any atom is 0.417 e. The van der Waals surface area contributed by atoms with Crippen LogP contribution >= 0.6 is 0 Å². The first-order valence-electron chi connectivity index (χ1n) is 14.4. The monoisotopic (exact) mass is 650 g/mol. The standard InChI is InChI=1S/C38H15F5N6/c1-18-12-21(39)6-10-23(18)19-4-8-25-27(13-19)32(30(16-44)46-2)36-34(25)48-37-33(31(17-45)47-3)28-14-20(5-9-26(28)35(37)49-36)24-11-7-22(40)15-29(24)38(41,42)43/h4-15H,1H3/b32-30-,33-31+. The Morgan fingerprint density at radius 1 is 0.612 bits per heavy atom. The summed E-state index contributed by atoms with van der Waals surface area (Å²) in [7, 11) is 0. The Balaban J connectivity index is 1.48. The van der Waals surface area contributed by atoms with E-state index in [0.29, 0.717) is 33.9 Å². The van der Waals surface area contributed by atoms with E-state index in [1.807, 2.05) is 12.1 Å². The van der Waals surface area contributed by atoms with Crippen LogP contribution in [0.3, 0.4) is 0 Å². The van der Waals surface area contributed by atoms with E-state index in [1.54, 1.807) is 31.2 Å². The fourth-order valence-corrected chi connectivity index (χ4v) is 6.37. The predicted octanol–water partition coefficient (Wildman–Crippen LogP) is 9.78. The summed E-state index contributed by atoms with van der Waals surface area (Å²) in [5, 5.41) is 19.9. The van der Waals surface area contributed by atoms with Gasteiger partial charge in [0.25, 0.3) is 11.4 Å². The molecule has 0 atom stereocenters. The highest BCUT2D eigenvalue weighted by molar-refractivity contribution is 6.07. The second kappa shape index (κ2) is 11.1. The van der Waals surface area contributed by atoms with E-state index < -0.39 is 23.4 Å². The van der Waals surface area contributed by atoms with Gasteiger partial charge in [-0.2, -0.15) is 13.2 Å². The lowest BCUT2D eigenvalue weighted by molar-refractivity contribution is -0.137. The minimum atomic E-state index is -4.87. The van der Waals surface area contributed by atoms with Gasteiger partial charge in [-0.15, -0.1) is 0 Å². The number of halogens is 5. The van der Waals surface area contributed by atoms with Crippen LogP contribution < -0.4 is 0 Å². The molecule has 6 nitrogen and oxygen atoms in total. The van der Waals surface area contributed by atoms with E-state index in [2.05, 4.69) is 9.69 Å². The highest BCUT2D eigenvalue weighted by atomic mass is 19.4. The van der Waals surface area contributed by atoms with Crippen molar-refractivity contribution in [2.24, 2.45) is 0 Å². The second-order valence-electron chi connectivity index (χ2n) is 11.2. The van der Waals surface area contributed by atoms with Crippen molar-refractivity contribution in [3.05, 3.63) is 152 Å². The van der Waals surface area contributed by atoms with Gasteiger partial charge in [0.15, 0.2) is 0 Å². The largest absolute Gasteiger partial charge is 0.417 e. The van der Waals surface area contributed by atoms with Gasteiger partial charge in [-0.3, -0.25) is 0 Å². The minimum absolute atomic E-state index is 0.0542. The average molecular weight is 651 g/mol. The van der Waals surface area contributed by atoms with Gasteiger partial charge in [0, 0.05) is 22.3 Å². The summed E-state index contributed by atoms with van der Waals surface area (Å²) >= 11 is 0. The van der Waals surface area contributed by atoms with E-state index >= 15 is 0 Å². The normalized spacial score (nSPS) is 14.3. The van der Waals surface area contributed by atoms with E-state index in [4.69, 9.17) is 23.1 Å². The van der Waals surface area contributed by atoms with Gasteiger partial charge >= 0.3 is 6.18 Å². The molecule has 5 aromatic rings. The van der Waals surface area contributed by atoms with Crippen molar-refractivity contribution in [3.8, 4) is 56.9 Å². The minimum Gasteiger partial charge on any atom is -0.245 e. The van der Waals surface area contributed by atoms with Gasteiger partial charge < -0.3 is 0 Å². The zero-order chi connectivity index (χ0) is 34.8. The van der Waals surface area contributed by atoms with Crippen molar-refractivity contribution >= 4 is 11.1 Å². The summed E-state index contributed by atoms with van der Waals surface area (Å²) in [5.74, 6) is -1.46. The van der Waals surface area contributed by atoms with Crippen LogP contribution in [-0.2, 0) is 6.18 Å². The highest BCUT2D eigenvalue weighted by Gasteiger charge is 2.38. The molecule has 0 amide bonds. The van der Waals surface area contributed by atoms with Crippen molar-refractivity contribution in [2.75, 3.05) is 0 Å². The molecule has 7 rings (SSSR count). The lowest BCUT2D eigenvalue weighted by Gasteiger charge is -2.14. The number of rotatable bonds is 2. The van der Waals surface area contributed by atoms with E-state index in [9.17, 15) is 32.5 Å². The summed E-state index contributed by atoms with van der Waals surface area (Å²) in [6.45, 7) is 17.2. The van der Waals surface area contributed by atoms with Crippen molar-refractivity contribution in [3.63, 3.8) is 0 Å². The fourth-order valence-electron chi connectivity index (χ4n) is 6.37. The predicted molar refractivity (Wildman–Crippen MR) is 170 cm³/mol. The molecule has 11 heteroatoms. The summed E-state index contributed by atoms with van der Waals surface area (Å²) in [6, 6.07) is 20.0. The van der Waals surface area contributed by atoms with Crippen molar-refractivity contribution in [1.82, 2.24) is 9.97 Å². The average Bonchev–Trinajstić information content (AvgIpc) is 3.56. The topological polar surface area (TPSA) is 82.1 Å². The van der Waals surface area contributed by atoms with Crippen LogP contribution in [0.2, 0.25) is 0 Å². The number of benzene rings is 4. The molecule has 0 radical (unpaired) electrons. The van der Waals surface area contributed by atoms with E-state index in [-0.39, 0.29) is 62.0 Å². The molecule has 2 aliphatic carbocycles. The molecule has 232 valence electrons. The summed E-state index contributed by atoms with van der Waals surface area (Å²) in [6.07, 6.45) is -4.87. The zero-order valence-corrected chi connectivity index (χ0v) is 25.0. The Hall–Kier alpha value is -6.95. The van der Waals surface area contributed by atoms with Gasteiger partial charge in [0.1, 0.15) is 11.6 Å². The first kappa shape index (κ1) is 30.7. The number of alkyl halides is 3. The molecule has 0 unspecified atom stereocenters. The fraction of sp³-hybridized carbons (Fsp3) is 0.0526. The van der Waals surface area contributed by atoms with E-state index in [1.165, 1.54) is 30.3 Å². The maximum absolute atomic E-state index is 13.9. The summed E-state index contributed by atoms with van der Waals surface area (Å²) in [5.41, 5.74) is 2.63. The molecule has 1 aromatic heterocycles. The van der Waals surface area contributed by atoms with Crippen LogP contribution in [0.15, 0.2) is 84.2 Å². The van der Waals surface area contributed by atoms with Crippen LogP contribution in [0, 0.1) is 54.4 Å². The molecule has 0 saturated carbocycles. The third-order valence-electron chi connectivity index (χ3n) is 8.46. The van der Waals surface area contributed by atoms with Crippen LogP contribution in [-0.4, -0.2) is 9.97 Å². The van der Waals surface area contributed by atoms with Crippen molar-refractivity contribution in [2.45, 2.75) is 13.1 Å². The van der Waals surface area contributed by atoms with Crippen LogP contribution in [0.1, 0.15) is 33.6 Å². The van der Waals surface area contributed by atoms with Gasteiger partial charge in [-0.05, 0) is 82.3 Å². The molecular formula is C38H15F5N6. The number of aryl methyl sites for hydroxylation is 1. The van der Waals surface area contributed by atoms with Crippen LogP contribution in [0.4, 0.5) is 22.0 Å². The molecule has 49 heavy (non-hydrogen) atoms. The van der Waals surface area contributed by atoms with Crippen molar-refractivity contribution < 1.29 is 22.0 Å². The first-order valence-corrected chi connectivity index (χ1v) is 14.4. The van der Waals surface area contributed by atoms with Crippen LogP contribution in [0.5, 0.6) is 0 Å². The lowest BCUT2D eigenvalue weighted by atomic mass is 9.94. The summed E-state index contributed by atoms with van der Waals surface area (Å²) in [4.78, 5) is 16.5. The molecule has 0 aliphatic heterocycles.